The van der Waals surface area contributed by atoms with Crippen LogP contribution in [-0.4, -0.2) is 93.5 Å². The van der Waals surface area contributed by atoms with Crippen molar-refractivity contribution >= 4 is 58.3 Å². The maximum atomic E-state index is 13.6. The molecule has 3 amide bonds. The SMILES string of the molecule is CSCCC(NC(=O)C(Cc1c[nH]c2ccccc12)NC(=O)C(N)CCC(=O)O)C(=O)NC(CCCN=C(N)N)C(=O)O. The average molecular weight is 621 g/mol. The van der Waals surface area contributed by atoms with Gasteiger partial charge in [-0.05, 0) is 49.3 Å². The lowest BCUT2D eigenvalue weighted by Crippen LogP contribution is -2.57. The number of rotatable bonds is 19. The van der Waals surface area contributed by atoms with Crippen LogP contribution in [0.4, 0.5) is 0 Å². The number of hydrogen-bond donors (Lipinski definition) is 9. The van der Waals surface area contributed by atoms with E-state index in [1.54, 1.807) is 6.20 Å². The Bertz CT molecular complexity index is 1300. The highest BCUT2D eigenvalue weighted by molar-refractivity contribution is 7.98. The topological polar surface area (TPSA) is 268 Å². The molecule has 0 spiro atoms. The van der Waals surface area contributed by atoms with Crippen LogP contribution in [0.25, 0.3) is 10.9 Å². The summed E-state index contributed by atoms with van der Waals surface area (Å²) < 4.78 is 0. The van der Waals surface area contributed by atoms with E-state index in [1.807, 2.05) is 30.5 Å². The first kappa shape index (κ1) is 34.9. The fourth-order valence-corrected chi connectivity index (χ4v) is 4.70. The molecular weight excluding hydrogens is 580 g/mol. The zero-order valence-electron chi connectivity index (χ0n) is 23.9. The molecule has 1 aromatic heterocycles. The minimum atomic E-state index is -1.26. The number of thioether (sulfide) groups is 1. The van der Waals surface area contributed by atoms with Crippen LogP contribution in [0.2, 0.25) is 0 Å². The van der Waals surface area contributed by atoms with E-state index < -0.39 is 53.8 Å². The summed E-state index contributed by atoms with van der Waals surface area (Å²) in [5.41, 5.74) is 18.0. The third kappa shape index (κ3) is 11.8. The van der Waals surface area contributed by atoms with E-state index in [1.165, 1.54) is 11.8 Å². The number of guanidine groups is 1. The summed E-state index contributed by atoms with van der Waals surface area (Å²) in [4.78, 5) is 69.3. The molecule has 15 nitrogen and oxygen atoms in total. The molecule has 236 valence electrons. The number of para-hydroxylation sites is 1. The van der Waals surface area contributed by atoms with Gasteiger partial charge in [-0.2, -0.15) is 11.8 Å². The van der Waals surface area contributed by atoms with Gasteiger partial charge >= 0.3 is 11.9 Å². The Balaban J connectivity index is 2.24. The number of H-pyrrole nitrogens is 1. The lowest BCUT2D eigenvalue weighted by atomic mass is 10.0. The molecule has 0 radical (unpaired) electrons. The minimum absolute atomic E-state index is 0.0344. The van der Waals surface area contributed by atoms with E-state index in [9.17, 15) is 29.1 Å². The van der Waals surface area contributed by atoms with Crippen LogP contribution in [-0.2, 0) is 30.4 Å². The second kappa shape index (κ2) is 17.6. The van der Waals surface area contributed by atoms with Crippen molar-refractivity contribution in [1.29, 1.82) is 0 Å². The van der Waals surface area contributed by atoms with E-state index in [-0.39, 0.29) is 51.0 Å². The zero-order valence-corrected chi connectivity index (χ0v) is 24.7. The van der Waals surface area contributed by atoms with Gasteiger partial charge in [-0.25, -0.2) is 4.79 Å². The van der Waals surface area contributed by atoms with Crippen molar-refractivity contribution in [3.63, 3.8) is 0 Å². The smallest absolute Gasteiger partial charge is 0.326 e. The predicted octanol–water partition coefficient (Wildman–Crippen LogP) is -0.752. The van der Waals surface area contributed by atoms with Gasteiger partial charge in [-0.15, -0.1) is 0 Å². The first-order valence-corrected chi connectivity index (χ1v) is 15.0. The minimum Gasteiger partial charge on any atom is -0.481 e. The van der Waals surface area contributed by atoms with E-state index in [2.05, 4.69) is 25.9 Å². The summed E-state index contributed by atoms with van der Waals surface area (Å²) in [7, 11) is 0. The number of carbonyl (C=O) groups excluding carboxylic acids is 3. The van der Waals surface area contributed by atoms with Gasteiger partial charge in [0.15, 0.2) is 5.96 Å². The number of aliphatic carboxylic acids is 2. The Morgan fingerprint density at radius 2 is 1.58 bits per heavy atom. The number of fused-ring (bicyclic) bond motifs is 1. The van der Waals surface area contributed by atoms with Crippen LogP contribution >= 0.6 is 11.8 Å². The molecule has 16 heteroatoms. The number of carboxylic acid groups (broad SMARTS) is 2. The Hall–Kier alpha value is -4.31. The number of nitrogens with zero attached hydrogens (tertiary/aromatic N) is 1. The molecule has 4 unspecified atom stereocenters. The average Bonchev–Trinajstić information content (AvgIpc) is 3.37. The first-order valence-electron chi connectivity index (χ1n) is 13.6. The molecule has 0 saturated heterocycles. The summed E-state index contributed by atoms with van der Waals surface area (Å²) in [5.74, 6) is -4.15. The molecule has 0 bridgehead atoms. The molecule has 4 atom stereocenters. The third-order valence-corrected chi connectivity index (χ3v) is 7.19. The summed E-state index contributed by atoms with van der Waals surface area (Å²) in [6.07, 6.45) is 3.62. The fourth-order valence-electron chi connectivity index (χ4n) is 4.23. The number of hydrogen-bond acceptors (Lipinski definition) is 8. The van der Waals surface area contributed by atoms with Gasteiger partial charge in [0.25, 0.3) is 0 Å². The molecule has 0 fully saturated rings. The molecule has 2 rings (SSSR count). The highest BCUT2D eigenvalue weighted by atomic mass is 32.2. The summed E-state index contributed by atoms with van der Waals surface area (Å²) in [6, 6.07) is 2.66. The lowest BCUT2D eigenvalue weighted by Gasteiger charge is -2.25. The van der Waals surface area contributed by atoms with Crippen LogP contribution in [0.15, 0.2) is 35.5 Å². The highest BCUT2D eigenvalue weighted by Crippen LogP contribution is 2.19. The van der Waals surface area contributed by atoms with Crippen molar-refractivity contribution in [3.8, 4) is 0 Å². The van der Waals surface area contributed by atoms with E-state index in [0.717, 1.165) is 10.9 Å². The number of nitrogens with one attached hydrogen (secondary N) is 4. The van der Waals surface area contributed by atoms with Crippen LogP contribution in [0.1, 0.15) is 37.7 Å². The monoisotopic (exact) mass is 620 g/mol. The number of nitrogens with two attached hydrogens (primary N) is 3. The molecule has 43 heavy (non-hydrogen) atoms. The summed E-state index contributed by atoms with van der Waals surface area (Å²) in [6.45, 7) is 0.179. The number of aliphatic imine (C=N–C) groups is 1. The predicted molar refractivity (Wildman–Crippen MR) is 163 cm³/mol. The molecule has 0 saturated carbocycles. The van der Waals surface area contributed by atoms with Gasteiger partial charge in [-0.3, -0.25) is 24.2 Å². The van der Waals surface area contributed by atoms with Crippen molar-refractivity contribution in [1.82, 2.24) is 20.9 Å². The molecule has 0 aliphatic rings. The van der Waals surface area contributed by atoms with Gasteiger partial charge in [-0.1, -0.05) is 18.2 Å². The Morgan fingerprint density at radius 1 is 0.930 bits per heavy atom. The van der Waals surface area contributed by atoms with E-state index >= 15 is 0 Å². The van der Waals surface area contributed by atoms with Crippen molar-refractivity contribution in [2.75, 3.05) is 18.6 Å². The van der Waals surface area contributed by atoms with Crippen LogP contribution in [0.3, 0.4) is 0 Å². The maximum absolute atomic E-state index is 13.6. The van der Waals surface area contributed by atoms with Gasteiger partial charge < -0.3 is 48.3 Å². The Morgan fingerprint density at radius 3 is 2.23 bits per heavy atom. The number of carboxylic acids is 2. The first-order chi connectivity index (χ1) is 20.4. The summed E-state index contributed by atoms with van der Waals surface area (Å²) >= 11 is 1.43. The molecule has 12 N–H and O–H groups in total. The van der Waals surface area contributed by atoms with E-state index in [4.69, 9.17) is 22.3 Å². The quantitative estimate of drug-likeness (QED) is 0.0535. The lowest BCUT2D eigenvalue weighted by molar-refractivity contribution is -0.142. The van der Waals surface area contributed by atoms with Gasteiger partial charge in [0.1, 0.15) is 18.1 Å². The van der Waals surface area contributed by atoms with Crippen LogP contribution < -0.4 is 33.2 Å². The normalized spacial score (nSPS) is 13.7. The van der Waals surface area contributed by atoms with Crippen LogP contribution in [0.5, 0.6) is 0 Å². The number of benzene rings is 1. The number of amides is 3. The van der Waals surface area contributed by atoms with Crippen molar-refractivity contribution in [2.45, 2.75) is 62.7 Å². The van der Waals surface area contributed by atoms with Gasteiger partial charge in [0.05, 0.1) is 6.04 Å². The van der Waals surface area contributed by atoms with Crippen molar-refractivity contribution in [2.24, 2.45) is 22.2 Å². The molecule has 1 aromatic carbocycles. The maximum Gasteiger partial charge on any atom is 0.326 e. The number of aromatic nitrogens is 1. The third-order valence-electron chi connectivity index (χ3n) is 6.54. The number of aromatic amines is 1. The van der Waals surface area contributed by atoms with Crippen LogP contribution in [0, 0.1) is 0 Å². The number of carbonyl (C=O) groups is 5. The standard InChI is InChI=1S/C27H40N8O7S/c1-43-12-10-19(24(39)34-20(26(41)42)7-4-11-31-27(29)30)33-25(40)21(35-23(38)17(28)8-9-22(36)37)13-15-14-32-18-6-3-2-5-16(15)18/h2-3,5-6,14,17,19-21,32H,4,7-13,28H2,1H3,(H,33,40)(H,34,39)(H,35,38)(H,36,37)(H,41,42)(H4,29,30,31). The second-order valence-electron chi connectivity index (χ2n) is 9.85. The molecule has 2 aromatic rings. The van der Waals surface area contributed by atoms with Crippen molar-refractivity contribution < 1.29 is 34.2 Å². The Labute approximate surface area is 252 Å². The molecule has 0 aliphatic heterocycles. The van der Waals surface area contributed by atoms with Gasteiger partial charge in [0, 0.05) is 36.5 Å². The van der Waals surface area contributed by atoms with E-state index in [0.29, 0.717) is 11.3 Å². The largest absolute Gasteiger partial charge is 0.481 e. The van der Waals surface area contributed by atoms with Gasteiger partial charge in [0.2, 0.25) is 17.7 Å². The molecular formula is C27H40N8O7S. The molecule has 0 aliphatic carbocycles. The van der Waals surface area contributed by atoms with Crippen molar-refractivity contribution in [3.05, 3.63) is 36.0 Å². The zero-order chi connectivity index (χ0) is 31.9. The highest BCUT2D eigenvalue weighted by Gasteiger charge is 2.31. The Kier molecular flexibility index (Phi) is 14.3. The summed E-state index contributed by atoms with van der Waals surface area (Å²) in [5, 5.41) is 27.1. The molecule has 1 heterocycles. The fraction of sp³-hybridized carbons (Fsp3) is 0.481. The second-order valence-corrected chi connectivity index (χ2v) is 10.8.